The van der Waals surface area contributed by atoms with Gasteiger partial charge in [0.05, 0.1) is 12.8 Å². The maximum Gasteiger partial charge on any atom is 0.341 e. The first-order chi connectivity index (χ1) is 13.7. The Morgan fingerprint density at radius 3 is 2.68 bits per heavy atom. The number of rotatable bonds is 8. The number of thiophene rings is 2. The highest BCUT2D eigenvalue weighted by Gasteiger charge is 2.22. The fourth-order valence-corrected chi connectivity index (χ4v) is 3.95. The van der Waals surface area contributed by atoms with Gasteiger partial charge in [-0.3, -0.25) is 4.79 Å². The summed E-state index contributed by atoms with van der Waals surface area (Å²) in [6.07, 6.45) is 1.54. The average molecular weight is 415 g/mol. The largest absolute Gasteiger partial charge is 0.462 e. The van der Waals surface area contributed by atoms with E-state index in [1.54, 1.807) is 13.1 Å². The van der Waals surface area contributed by atoms with Gasteiger partial charge in [-0.25, -0.2) is 4.79 Å². The molecule has 144 valence electrons. The highest BCUT2D eigenvalue weighted by atomic mass is 32.1. The van der Waals surface area contributed by atoms with Crippen molar-refractivity contribution >= 4 is 45.8 Å². The SMILES string of the molecule is CCOC(=O)c1c(-c2ccccc2)csc1NC(=O)CO/N=C/c1cccs1. The Kier molecular flexibility index (Phi) is 6.94. The molecule has 1 amide bonds. The Bertz CT molecular complexity index is 950. The minimum Gasteiger partial charge on any atom is -0.462 e. The Morgan fingerprint density at radius 2 is 1.96 bits per heavy atom. The van der Waals surface area contributed by atoms with E-state index < -0.39 is 11.9 Å². The van der Waals surface area contributed by atoms with Gasteiger partial charge in [0.2, 0.25) is 0 Å². The lowest BCUT2D eigenvalue weighted by molar-refractivity contribution is -0.120. The van der Waals surface area contributed by atoms with Crippen molar-refractivity contribution < 1.29 is 19.2 Å². The molecule has 0 saturated heterocycles. The third-order valence-electron chi connectivity index (χ3n) is 3.60. The summed E-state index contributed by atoms with van der Waals surface area (Å²) in [6.45, 7) is 1.73. The number of esters is 1. The third kappa shape index (κ3) is 5.05. The van der Waals surface area contributed by atoms with Crippen LogP contribution in [-0.2, 0) is 14.4 Å². The number of amides is 1. The van der Waals surface area contributed by atoms with Gasteiger partial charge in [0.25, 0.3) is 5.91 Å². The zero-order valence-electron chi connectivity index (χ0n) is 15.1. The number of anilines is 1. The number of nitrogens with one attached hydrogen (secondary N) is 1. The molecule has 8 heteroatoms. The van der Waals surface area contributed by atoms with Gasteiger partial charge in [-0.1, -0.05) is 41.6 Å². The Hall–Kier alpha value is -2.97. The van der Waals surface area contributed by atoms with Crippen molar-refractivity contribution in [1.29, 1.82) is 0 Å². The third-order valence-corrected chi connectivity index (χ3v) is 5.30. The van der Waals surface area contributed by atoms with Gasteiger partial charge in [-0.15, -0.1) is 22.7 Å². The minimum atomic E-state index is -0.477. The second kappa shape index (κ2) is 9.82. The number of benzene rings is 1. The summed E-state index contributed by atoms with van der Waals surface area (Å²) in [5.74, 6) is -0.884. The van der Waals surface area contributed by atoms with Gasteiger partial charge in [0.1, 0.15) is 10.6 Å². The molecule has 0 aliphatic rings. The lowest BCUT2D eigenvalue weighted by Gasteiger charge is -2.08. The van der Waals surface area contributed by atoms with Crippen LogP contribution in [0.2, 0.25) is 0 Å². The molecule has 3 rings (SSSR count). The normalized spacial score (nSPS) is 10.8. The van der Waals surface area contributed by atoms with E-state index in [0.717, 1.165) is 16.0 Å². The van der Waals surface area contributed by atoms with E-state index in [2.05, 4.69) is 10.5 Å². The molecule has 0 aliphatic heterocycles. The lowest BCUT2D eigenvalue weighted by atomic mass is 10.0. The molecular weight excluding hydrogens is 396 g/mol. The molecule has 0 aliphatic carbocycles. The molecule has 0 fully saturated rings. The second-order valence-electron chi connectivity index (χ2n) is 5.51. The van der Waals surface area contributed by atoms with Crippen LogP contribution in [0.4, 0.5) is 5.00 Å². The molecular formula is C20H18N2O4S2. The van der Waals surface area contributed by atoms with Crippen LogP contribution in [0.15, 0.2) is 58.4 Å². The molecule has 0 saturated carbocycles. The lowest BCUT2D eigenvalue weighted by Crippen LogP contribution is -2.18. The Balaban J connectivity index is 1.71. The molecule has 28 heavy (non-hydrogen) atoms. The topological polar surface area (TPSA) is 77.0 Å². The zero-order chi connectivity index (χ0) is 19.8. The van der Waals surface area contributed by atoms with E-state index in [1.165, 1.54) is 22.7 Å². The molecule has 0 unspecified atom stereocenters. The number of nitrogens with zero attached hydrogens (tertiary/aromatic N) is 1. The highest BCUT2D eigenvalue weighted by molar-refractivity contribution is 7.15. The molecule has 0 spiro atoms. The maximum atomic E-state index is 12.5. The van der Waals surface area contributed by atoms with Crippen LogP contribution in [0.3, 0.4) is 0 Å². The number of oxime groups is 1. The molecule has 0 bridgehead atoms. The second-order valence-corrected chi connectivity index (χ2v) is 7.37. The molecule has 1 aromatic carbocycles. The van der Waals surface area contributed by atoms with E-state index in [9.17, 15) is 9.59 Å². The Morgan fingerprint density at radius 1 is 1.14 bits per heavy atom. The van der Waals surface area contributed by atoms with Crippen molar-refractivity contribution in [3.05, 3.63) is 63.7 Å². The van der Waals surface area contributed by atoms with Crippen LogP contribution in [0, 0.1) is 0 Å². The first-order valence-electron chi connectivity index (χ1n) is 8.51. The number of hydrogen-bond donors (Lipinski definition) is 1. The number of carbonyl (C=O) groups excluding carboxylic acids is 2. The predicted octanol–water partition coefficient (Wildman–Crippen LogP) is 4.64. The van der Waals surface area contributed by atoms with Crippen molar-refractivity contribution in [2.24, 2.45) is 5.16 Å². The first-order valence-corrected chi connectivity index (χ1v) is 10.3. The summed E-state index contributed by atoms with van der Waals surface area (Å²) in [5, 5.41) is 10.7. The highest BCUT2D eigenvalue weighted by Crippen LogP contribution is 2.36. The van der Waals surface area contributed by atoms with Crippen LogP contribution in [0.5, 0.6) is 0 Å². The van der Waals surface area contributed by atoms with Gasteiger partial charge in [-0.2, -0.15) is 0 Å². The summed E-state index contributed by atoms with van der Waals surface area (Å²) >= 11 is 2.78. The number of hydrogen-bond acceptors (Lipinski definition) is 7. The molecule has 3 aromatic rings. The average Bonchev–Trinajstić information content (AvgIpc) is 3.36. The number of ether oxygens (including phenoxy) is 1. The van der Waals surface area contributed by atoms with Gasteiger partial charge in [0.15, 0.2) is 6.61 Å². The van der Waals surface area contributed by atoms with Crippen molar-refractivity contribution in [1.82, 2.24) is 0 Å². The number of carbonyl (C=O) groups is 2. The Labute approximate surface area is 170 Å². The summed E-state index contributed by atoms with van der Waals surface area (Å²) in [5.41, 5.74) is 1.93. The van der Waals surface area contributed by atoms with Crippen LogP contribution in [0.1, 0.15) is 22.2 Å². The molecule has 2 aromatic heterocycles. The van der Waals surface area contributed by atoms with E-state index in [1.807, 2.05) is 53.2 Å². The van der Waals surface area contributed by atoms with Gasteiger partial charge < -0.3 is 14.9 Å². The first kappa shape index (κ1) is 19.8. The van der Waals surface area contributed by atoms with Crippen molar-refractivity contribution in [3.8, 4) is 11.1 Å². The smallest absolute Gasteiger partial charge is 0.341 e. The van der Waals surface area contributed by atoms with Gasteiger partial charge in [0, 0.05) is 15.8 Å². The summed E-state index contributed by atoms with van der Waals surface area (Å²) < 4.78 is 5.17. The van der Waals surface area contributed by atoms with Crippen LogP contribution in [-0.4, -0.2) is 31.3 Å². The summed E-state index contributed by atoms with van der Waals surface area (Å²) in [6, 6.07) is 13.3. The predicted molar refractivity (Wildman–Crippen MR) is 112 cm³/mol. The molecule has 0 radical (unpaired) electrons. The maximum absolute atomic E-state index is 12.5. The van der Waals surface area contributed by atoms with Crippen LogP contribution in [0.25, 0.3) is 11.1 Å². The quantitative estimate of drug-likeness (QED) is 0.331. The van der Waals surface area contributed by atoms with Crippen molar-refractivity contribution in [2.45, 2.75) is 6.92 Å². The van der Waals surface area contributed by atoms with E-state index in [4.69, 9.17) is 9.57 Å². The van der Waals surface area contributed by atoms with E-state index in [-0.39, 0.29) is 13.2 Å². The standard InChI is InChI=1S/C20H18N2O4S2/c1-2-25-20(24)18-16(14-7-4-3-5-8-14)13-28-19(18)22-17(23)12-26-21-11-15-9-6-10-27-15/h3-11,13H,2,12H2,1H3,(H,22,23)/b21-11+. The molecule has 2 heterocycles. The monoisotopic (exact) mass is 414 g/mol. The van der Waals surface area contributed by atoms with Crippen LogP contribution >= 0.6 is 22.7 Å². The van der Waals surface area contributed by atoms with Crippen LogP contribution < -0.4 is 5.32 Å². The van der Waals surface area contributed by atoms with E-state index in [0.29, 0.717) is 10.6 Å². The molecule has 1 N–H and O–H groups in total. The fourth-order valence-electron chi connectivity index (χ4n) is 2.40. The molecule has 0 atom stereocenters. The fraction of sp³-hybridized carbons (Fsp3) is 0.150. The van der Waals surface area contributed by atoms with Gasteiger partial charge >= 0.3 is 5.97 Å². The summed E-state index contributed by atoms with van der Waals surface area (Å²) in [7, 11) is 0. The van der Waals surface area contributed by atoms with Crippen molar-refractivity contribution in [3.63, 3.8) is 0 Å². The summed E-state index contributed by atoms with van der Waals surface area (Å²) in [4.78, 5) is 30.6. The van der Waals surface area contributed by atoms with Crippen molar-refractivity contribution in [2.75, 3.05) is 18.5 Å². The van der Waals surface area contributed by atoms with E-state index >= 15 is 0 Å². The van der Waals surface area contributed by atoms with Gasteiger partial charge in [-0.05, 0) is 23.9 Å². The molecule has 6 nitrogen and oxygen atoms in total. The minimum absolute atomic E-state index is 0.247. The zero-order valence-corrected chi connectivity index (χ0v) is 16.7.